The topological polar surface area (TPSA) is 108 Å². The highest BCUT2D eigenvalue weighted by Crippen LogP contribution is 2.37. The second-order valence-electron chi connectivity index (χ2n) is 10.9. The number of aliphatic hydroxyl groups is 2. The number of imidazole rings is 1. The van der Waals surface area contributed by atoms with E-state index in [4.69, 9.17) is 4.98 Å². The van der Waals surface area contributed by atoms with Crippen molar-refractivity contribution in [2.45, 2.75) is 89.0 Å². The van der Waals surface area contributed by atoms with Crippen molar-refractivity contribution in [2.75, 3.05) is 10.6 Å². The maximum atomic E-state index is 14.4. The zero-order valence-corrected chi connectivity index (χ0v) is 21.0. The van der Waals surface area contributed by atoms with Crippen LogP contribution in [-0.4, -0.2) is 47.5 Å². The van der Waals surface area contributed by atoms with Gasteiger partial charge in [-0.05, 0) is 71.1 Å². The van der Waals surface area contributed by atoms with E-state index in [-0.39, 0.29) is 30.1 Å². The van der Waals surface area contributed by atoms with Gasteiger partial charge in [0.2, 0.25) is 11.9 Å². The lowest BCUT2D eigenvalue weighted by molar-refractivity contribution is -0.000416. The highest BCUT2D eigenvalue weighted by molar-refractivity contribution is 5.76. The van der Waals surface area contributed by atoms with Gasteiger partial charge in [0.05, 0.1) is 17.9 Å². The van der Waals surface area contributed by atoms with Crippen molar-refractivity contribution in [2.24, 2.45) is 5.92 Å². The number of fused-ring (bicyclic) bond motifs is 1. The number of benzene rings is 1. The molecule has 0 atom stereocenters. The van der Waals surface area contributed by atoms with E-state index in [0.717, 1.165) is 25.7 Å². The molecular formula is C26H33F3N6O2. The molecule has 2 saturated carbocycles. The molecule has 11 heteroatoms. The van der Waals surface area contributed by atoms with Gasteiger partial charge in [-0.1, -0.05) is 0 Å². The number of hydrogen-bond acceptors (Lipinski definition) is 7. The van der Waals surface area contributed by atoms with Gasteiger partial charge in [0.25, 0.3) is 0 Å². The van der Waals surface area contributed by atoms with Crippen molar-refractivity contribution in [1.82, 2.24) is 19.5 Å². The fourth-order valence-electron chi connectivity index (χ4n) is 5.61. The molecule has 2 aromatic heterocycles. The van der Waals surface area contributed by atoms with Crippen molar-refractivity contribution in [3.63, 3.8) is 0 Å². The molecule has 2 aliphatic rings. The molecule has 200 valence electrons. The summed E-state index contributed by atoms with van der Waals surface area (Å²) in [5, 5.41) is 26.4. The number of halogens is 3. The normalized spacial score (nSPS) is 24.8. The van der Waals surface area contributed by atoms with Crippen LogP contribution in [0.1, 0.15) is 71.3 Å². The molecule has 37 heavy (non-hydrogen) atoms. The summed E-state index contributed by atoms with van der Waals surface area (Å²) >= 11 is 0. The molecule has 3 aromatic rings. The first-order valence-corrected chi connectivity index (χ1v) is 12.9. The summed E-state index contributed by atoms with van der Waals surface area (Å²) in [4.78, 5) is 13.7. The lowest BCUT2D eigenvalue weighted by Gasteiger charge is -2.36. The van der Waals surface area contributed by atoms with Crippen LogP contribution in [0, 0.1) is 23.4 Å². The van der Waals surface area contributed by atoms with Crippen molar-refractivity contribution in [3.8, 4) is 0 Å². The molecular weight excluding hydrogens is 485 g/mol. The number of hydrogen-bond donors (Lipinski definition) is 4. The van der Waals surface area contributed by atoms with Gasteiger partial charge in [-0.25, -0.2) is 23.1 Å². The van der Waals surface area contributed by atoms with Crippen LogP contribution in [0.2, 0.25) is 0 Å². The fraction of sp³-hybridized carbons (Fsp3) is 0.577. The fourth-order valence-corrected chi connectivity index (χ4v) is 5.61. The monoisotopic (exact) mass is 518 g/mol. The summed E-state index contributed by atoms with van der Waals surface area (Å²) in [5.41, 5.74) is -0.237. The molecule has 0 bridgehead atoms. The third-order valence-electron chi connectivity index (χ3n) is 7.77. The summed E-state index contributed by atoms with van der Waals surface area (Å²) in [7, 11) is 0. The van der Waals surface area contributed by atoms with Gasteiger partial charge in [-0.2, -0.15) is 4.98 Å². The average Bonchev–Trinajstić information content (AvgIpc) is 3.19. The predicted octanol–water partition coefficient (Wildman–Crippen LogP) is 5.20. The lowest BCUT2D eigenvalue weighted by atomic mass is 9.77. The number of aliphatic hydroxyl groups excluding tert-OH is 1. The molecule has 8 nitrogen and oxygen atoms in total. The van der Waals surface area contributed by atoms with Crippen LogP contribution in [0.15, 0.2) is 18.3 Å². The Balaban J connectivity index is 1.45. The van der Waals surface area contributed by atoms with E-state index in [0.29, 0.717) is 54.9 Å². The molecule has 4 N–H and O–H groups in total. The van der Waals surface area contributed by atoms with Crippen LogP contribution in [0.4, 0.5) is 30.8 Å². The summed E-state index contributed by atoms with van der Waals surface area (Å²) in [6.07, 6.45) is 7.20. The van der Waals surface area contributed by atoms with Gasteiger partial charge in [0, 0.05) is 24.2 Å². The van der Waals surface area contributed by atoms with E-state index in [9.17, 15) is 23.4 Å². The number of aromatic nitrogens is 4. The van der Waals surface area contributed by atoms with E-state index in [1.54, 1.807) is 6.20 Å². The molecule has 2 fully saturated rings. The molecule has 2 heterocycles. The summed E-state index contributed by atoms with van der Waals surface area (Å²) in [5.74, 6) is -2.28. The highest BCUT2D eigenvalue weighted by atomic mass is 19.1. The van der Waals surface area contributed by atoms with E-state index in [1.807, 2.05) is 18.4 Å². The SMILES string of the molecule is CC(C)(O)C1CCC(Nc2ncc3nc(Nc4c(F)cc(F)cc4F)n([C@H]4CC[C@@H](O)CC4)c3n2)CC1. The maximum absolute atomic E-state index is 14.4. The van der Waals surface area contributed by atoms with Gasteiger partial charge >= 0.3 is 0 Å². The lowest BCUT2D eigenvalue weighted by Crippen LogP contribution is -2.37. The van der Waals surface area contributed by atoms with Crippen molar-refractivity contribution in [3.05, 3.63) is 35.8 Å². The Morgan fingerprint density at radius 3 is 2.22 bits per heavy atom. The van der Waals surface area contributed by atoms with Crippen molar-refractivity contribution in [1.29, 1.82) is 0 Å². The first-order chi connectivity index (χ1) is 17.6. The van der Waals surface area contributed by atoms with Gasteiger partial charge < -0.3 is 20.8 Å². The average molecular weight is 519 g/mol. The number of nitrogens with zero attached hydrogens (tertiary/aromatic N) is 4. The highest BCUT2D eigenvalue weighted by Gasteiger charge is 2.32. The molecule has 0 saturated heterocycles. The summed E-state index contributed by atoms with van der Waals surface area (Å²) < 4.78 is 44.1. The Kier molecular flexibility index (Phi) is 7.01. The Morgan fingerprint density at radius 1 is 0.946 bits per heavy atom. The second-order valence-corrected chi connectivity index (χ2v) is 10.9. The standard InChI is InChI=1S/C26H33F3N6O2/c1-26(2,37)14-3-5-16(6-4-14)31-24-30-13-21-23(34-24)35(17-7-9-18(36)10-8-17)25(32-21)33-22-19(28)11-15(27)12-20(22)29/h11-14,16-18,36-37H,3-10H2,1-2H3,(H,32,33)(H,30,31,34)/t14?,16?,17-,18+. The Bertz CT molecular complexity index is 1240. The van der Waals surface area contributed by atoms with Crippen molar-refractivity contribution >= 4 is 28.7 Å². The molecule has 0 spiro atoms. The smallest absolute Gasteiger partial charge is 0.224 e. The van der Waals surface area contributed by atoms with Crippen LogP contribution in [0.5, 0.6) is 0 Å². The minimum atomic E-state index is -1.06. The number of rotatable bonds is 6. The van der Waals surface area contributed by atoms with E-state index in [1.165, 1.54) is 0 Å². The number of anilines is 3. The zero-order chi connectivity index (χ0) is 26.3. The molecule has 0 radical (unpaired) electrons. The van der Waals surface area contributed by atoms with Crippen LogP contribution >= 0.6 is 0 Å². The van der Waals surface area contributed by atoms with Crippen LogP contribution in [0.25, 0.3) is 11.2 Å². The quantitative estimate of drug-likeness (QED) is 0.355. The van der Waals surface area contributed by atoms with E-state index < -0.39 is 28.7 Å². The first-order valence-electron chi connectivity index (χ1n) is 12.9. The molecule has 0 aliphatic heterocycles. The van der Waals surface area contributed by atoms with E-state index in [2.05, 4.69) is 20.6 Å². The largest absolute Gasteiger partial charge is 0.393 e. The summed E-state index contributed by atoms with van der Waals surface area (Å²) in [6, 6.07) is 1.29. The van der Waals surface area contributed by atoms with Crippen LogP contribution in [0.3, 0.4) is 0 Å². The van der Waals surface area contributed by atoms with Gasteiger partial charge in [-0.3, -0.25) is 4.57 Å². The van der Waals surface area contributed by atoms with Gasteiger partial charge in [0.15, 0.2) is 17.3 Å². The minimum Gasteiger partial charge on any atom is -0.393 e. The minimum absolute atomic E-state index is 0.104. The molecule has 5 rings (SSSR count). The van der Waals surface area contributed by atoms with Gasteiger partial charge in [0.1, 0.15) is 17.0 Å². The zero-order valence-electron chi connectivity index (χ0n) is 21.0. The Morgan fingerprint density at radius 2 is 1.59 bits per heavy atom. The number of nitrogens with one attached hydrogen (secondary N) is 2. The Labute approximate surface area is 213 Å². The third-order valence-corrected chi connectivity index (χ3v) is 7.77. The van der Waals surface area contributed by atoms with Crippen molar-refractivity contribution < 1.29 is 23.4 Å². The third kappa shape index (κ3) is 5.52. The molecule has 2 aliphatic carbocycles. The molecule has 0 unspecified atom stereocenters. The second kappa shape index (κ2) is 10.1. The molecule has 1 aromatic carbocycles. The summed E-state index contributed by atoms with van der Waals surface area (Å²) in [6.45, 7) is 3.70. The van der Waals surface area contributed by atoms with Crippen LogP contribution in [-0.2, 0) is 0 Å². The molecule has 0 amide bonds. The Hall–Kier alpha value is -2.92. The van der Waals surface area contributed by atoms with Crippen LogP contribution < -0.4 is 10.6 Å². The predicted molar refractivity (Wildman–Crippen MR) is 134 cm³/mol. The maximum Gasteiger partial charge on any atom is 0.224 e. The van der Waals surface area contributed by atoms with E-state index >= 15 is 0 Å². The first kappa shape index (κ1) is 25.7. The van der Waals surface area contributed by atoms with Gasteiger partial charge in [-0.15, -0.1) is 0 Å².